The Kier molecular flexibility index (Phi) is 7.36. The number of esters is 1. The van der Waals surface area contributed by atoms with Gasteiger partial charge in [0.15, 0.2) is 6.04 Å². The number of amides is 2. The number of hydrogen-bond acceptors (Lipinski definition) is 7. The van der Waals surface area contributed by atoms with E-state index in [-0.39, 0.29) is 18.1 Å². The van der Waals surface area contributed by atoms with Gasteiger partial charge >= 0.3 is 5.97 Å². The number of imidazole rings is 1. The van der Waals surface area contributed by atoms with E-state index in [9.17, 15) is 14.4 Å². The average molecular weight is 488 g/mol. The summed E-state index contributed by atoms with van der Waals surface area (Å²) in [5.74, 6) is -0.927. The minimum absolute atomic E-state index is 0.150. The number of nitrogens with one attached hydrogen (secondary N) is 2. The monoisotopic (exact) mass is 487 g/mol. The molecule has 4 aromatic rings. The third kappa shape index (κ3) is 5.08. The first-order valence-electron chi connectivity index (χ1n) is 11.1. The Balaban J connectivity index is 1.82. The Morgan fingerprint density at radius 2 is 1.75 bits per heavy atom. The molecule has 0 saturated carbocycles. The Bertz CT molecular complexity index is 1400. The molecular formula is C26H25N5O5. The third-order valence-corrected chi connectivity index (χ3v) is 5.56. The van der Waals surface area contributed by atoms with Crippen LogP contribution in [0.15, 0.2) is 67.0 Å². The van der Waals surface area contributed by atoms with Crippen LogP contribution < -0.4 is 10.6 Å². The summed E-state index contributed by atoms with van der Waals surface area (Å²) in [7, 11) is 4.47. The molecule has 1 atom stereocenters. The fourth-order valence-electron chi connectivity index (χ4n) is 3.94. The van der Waals surface area contributed by atoms with Crippen molar-refractivity contribution < 1.29 is 23.9 Å². The van der Waals surface area contributed by atoms with Gasteiger partial charge in [-0.3, -0.25) is 14.6 Å². The smallest absolute Gasteiger partial charge is 0.333 e. The van der Waals surface area contributed by atoms with Crippen LogP contribution in [0.25, 0.3) is 22.4 Å². The summed E-state index contributed by atoms with van der Waals surface area (Å²) >= 11 is 0. The van der Waals surface area contributed by atoms with Crippen molar-refractivity contribution in [3.63, 3.8) is 0 Å². The lowest BCUT2D eigenvalue weighted by molar-refractivity contribution is -0.143. The third-order valence-electron chi connectivity index (χ3n) is 5.56. The zero-order valence-electron chi connectivity index (χ0n) is 20.0. The number of ether oxygens (including phenoxy) is 2. The summed E-state index contributed by atoms with van der Waals surface area (Å²) in [5, 5.41) is 5.50. The molecule has 0 radical (unpaired) electrons. The molecule has 2 amide bonds. The first-order chi connectivity index (χ1) is 17.4. The van der Waals surface area contributed by atoms with Crippen molar-refractivity contribution in [2.45, 2.75) is 6.04 Å². The topological polar surface area (TPSA) is 124 Å². The van der Waals surface area contributed by atoms with Crippen LogP contribution in [0.3, 0.4) is 0 Å². The molecule has 0 aliphatic carbocycles. The molecule has 0 aliphatic heterocycles. The van der Waals surface area contributed by atoms with Crippen molar-refractivity contribution in [2.24, 2.45) is 7.05 Å². The number of aryl methyl sites for hydroxylation is 1. The molecule has 10 heteroatoms. The lowest BCUT2D eigenvalue weighted by Gasteiger charge is -2.18. The van der Waals surface area contributed by atoms with Gasteiger partial charge < -0.3 is 24.7 Å². The van der Waals surface area contributed by atoms with E-state index in [4.69, 9.17) is 14.5 Å². The first-order valence-corrected chi connectivity index (χ1v) is 11.1. The molecule has 184 valence electrons. The van der Waals surface area contributed by atoms with E-state index >= 15 is 0 Å². The number of hydrogen-bond donors (Lipinski definition) is 2. The summed E-state index contributed by atoms with van der Waals surface area (Å²) < 4.78 is 11.6. The summed E-state index contributed by atoms with van der Waals surface area (Å²) in [6.07, 6.45) is 3.30. The molecule has 2 N–H and O–H groups in total. The first kappa shape index (κ1) is 24.6. The van der Waals surface area contributed by atoms with Crippen LogP contribution in [0.1, 0.15) is 22.0 Å². The maximum absolute atomic E-state index is 13.6. The van der Waals surface area contributed by atoms with Crippen molar-refractivity contribution in [1.82, 2.24) is 19.9 Å². The highest BCUT2D eigenvalue weighted by Crippen LogP contribution is 2.29. The van der Waals surface area contributed by atoms with Gasteiger partial charge in [-0.05, 0) is 29.8 Å². The normalized spacial score (nSPS) is 11.6. The van der Waals surface area contributed by atoms with Crippen LogP contribution in [0, 0.1) is 0 Å². The van der Waals surface area contributed by atoms with Crippen LogP contribution >= 0.6 is 0 Å². The lowest BCUT2D eigenvalue weighted by Crippen LogP contribution is -2.34. The molecule has 2 aromatic carbocycles. The predicted molar refractivity (Wildman–Crippen MR) is 133 cm³/mol. The Morgan fingerprint density at radius 1 is 1.03 bits per heavy atom. The summed E-state index contributed by atoms with van der Waals surface area (Å²) in [6.45, 7) is -0.150. The van der Waals surface area contributed by atoms with Crippen molar-refractivity contribution >= 4 is 34.5 Å². The number of rotatable bonds is 8. The summed E-state index contributed by atoms with van der Waals surface area (Å²) in [5.41, 5.74) is 2.97. The second-order valence-electron chi connectivity index (χ2n) is 7.94. The number of aromatic nitrogens is 3. The molecular weight excluding hydrogens is 462 g/mol. The van der Waals surface area contributed by atoms with Gasteiger partial charge in [-0.1, -0.05) is 30.3 Å². The standard InChI is InChI=1S/C26H25N5O5/c1-31-23-19(25(33)30-22(26(34)36-3)16-7-5-4-6-8-16)13-18(28-21(32)15-35-2)14-20(23)29-24(31)17-9-11-27-12-10-17/h4-14,22H,15H2,1-3H3,(H,28,32)(H,30,33)/t22-/m0/s1. The zero-order chi connectivity index (χ0) is 25.7. The van der Waals surface area contributed by atoms with Gasteiger partial charge in [0.05, 0.1) is 23.7 Å². The SMILES string of the molecule is COCC(=O)Nc1cc(C(=O)N[C@H](C(=O)OC)c2ccccc2)c2c(c1)nc(-c1ccncc1)n2C. The highest BCUT2D eigenvalue weighted by Gasteiger charge is 2.26. The van der Waals surface area contributed by atoms with E-state index < -0.39 is 17.9 Å². The van der Waals surface area contributed by atoms with E-state index in [1.165, 1.54) is 14.2 Å². The van der Waals surface area contributed by atoms with Crippen LogP contribution in [0.4, 0.5) is 5.69 Å². The maximum atomic E-state index is 13.6. The quantitative estimate of drug-likeness (QED) is 0.366. The van der Waals surface area contributed by atoms with Gasteiger partial charge in [0.1, 0.15) is 12.4 Å². The fourth-order valence-corrected chi connectivity index (χ4v) is 3.94. The number of pyridine rings is 1. The molecule has 0 fully saturated rings. The molecule has 0 aliphatic rings. The van der Waals surface area contributed by atoms with E-state index in [1.807, 2.05) is 18.2 Å². The van der Waals surface area contributed by atoms with Gasteiger partial charge in [0, 0.05) is 37.8 Å². The molecule has 2 aromatic heterocycles. The lowest BCUT2D eigenvalue weighted by atomic mass is 10.1. The van der Waals surface area contributed by atoms with Crippen LogP contribution in [0.5, 0.6) is 0 Å². The van der Waals surface area contributed by atoms with Gasteiger partial charge in [0.2, 0.25) is 5.91 Å². The minimum atomic E-state index is -1.03. The minimum Gasteiger partial charge on any atom is -0.467 e. The summed E-state index contributed by atoms with van der Waals surface area (Å²) in [6, 6.07) is 14.6. The molecule has 2 heterocycles. The largest absolute Gasteiger partial charge is 0.467 e. The molecule has 4 rings (SSSR count). The number of carbonyl (C=O) groups excluding carboxylic acids is 3. The average Bonchev–Trinajstić information content (AvgIpc) is 3.23. The van der Waals surface area contributed by atoms with Crippen LogP contribution in [-0.2, 0) is 26.1 Å². The van der Waals surface area contributed by atoms with Crippen molar-refractivity contribution in [1.29, 1.82) is 0 Å². The summed E-state index contributed by atoms with van der Waals surface area (Å²) in [4.78, 5) is 47.1. The number of anilines is 1. The Hall–Kier alpha value is -4.57. The van der Waals surface area contributed by atoms with E-state index in [0.717, 1.165) is 5.56 Å². The fraction of sp³-hybridized carbons (Fsp3) is 0.192. The molecule has 0 bridgehead atoms. The Morgan fingerprint density at radius 3 is 2.42 bits per heavy atom. The zero-order valence-corrected chi connectivity index (χ0v) is 20.0. The number of benzene rings is 2. The predicted octanol–water partition coefficient (Wildman–Crippen LogP) is 2.86. The molecule has 10 nitrogen and oxygen atoms in total. The molecule has 0 saturated heterocycles. The van der Waals surface area contributed by atoms with E-state index in [2.05, 4.69) is 15.6 Å². The van der Waals surface area contributed by atoms with Crippen molar-refractivity contribution in [3.8, 4) is 11.4 Å². The molecule has 0 spiro atoms. The second-order valence-corrected chi connectivity index (χ2v) is 7.94. The van der Waals surface area contributed by atoms with Crippen LogP contribution in [-0.4, -0.2) is 53.1 Å². The van der Waals surface area contributed by atoms with E-state index in [1.54, 1.807) is 60.4 Å². The molecule has 0 unspecified atom stereocenters. The second kappa shape index (κ2) is 10.8. The number of carbonyl (C=O) groups is 3. The van der Waals surface area contributed by atoms with Gasteiger partial charge in [0.25, 0.3) is 5.91 Å². The number of fused-ring (bicyclic) bond motifs is 1. The Labute approximate surface area is 207 Å². The highest BCUT2D eigenvalue weighted by molar-refractivity contribution is 6.09. The van der Waals surface area contributed by atoms with Gasteiger partial charge in [-0.25, -0.2) is 9.78 Å². The number of methoxy groups -OCH3 is 2. The molecule has 36 heavy (non-hydrogen) atoms. The van der Waals surface area contributed by atoms with Crippen molar-refractivity contribution in [3.05, 3.63) is 78.1 Å². The number of nitrogens with zero attached hydrogens (tertiary/aromatic N) is 3. The van der Waals surface area contributed by atoms with E-state index in [0.29, 0.717) is 28.1 Å². The van der Waals surface area contributed by atoms with Gasteiger partial charge in [-0.15, -0.1) is 0 Å². The van der Waals surface area contributed by atoms with Crippen molar-refractivity contribution in [2.75, 3.05) is 26.1 Å². The maximum Gasteiger partial charge on any atom is 0.333 e. The van der Waals surface area contributed by atoms with Gasteiger partial charge in [-0.2, -0.15) is 0 Å². The van der Waals surface area contributed by atoms with Crippen LogP contribution in [0.2, 0.25) is 0 Å². The highest BCUT2D eigenvalue weighted by atomic mass is 16.5.